The molecule has 0 unspecified atom stereocenters. The maximum Gasteiger partial charge on any atom is 0.245 e. The van der Waals surface area contributed by atoms with E-state index in [2.05, 4.69) is 11.4 Å². The molecule has 0 bridgehead atoms. The lowest BCUT2D eigenvalue weighted by atomic mass is 10.1. The zero-order valence-corrected chi connectivity index (χ0v) is 11.2. The van der Waals surface area contributed by atoms with E-state index in [0.717, 1.165) is 22.4 Å². The molecular weight excluding hydrogens is 236 g/mol. The third-order valence-electron chi connectivity index (χ3n) is 2.93. The highest BCUT2D eigenvalue weighted by Gasteiger charge is 2.15. The van der Waals surface area contributed by atoms with Gasteiger partial charge < -0.3 is 11.1 Å². The SMILES string of the molecule is Cc1cc(C)cc(NC(=O)[C@@H](N)c2ccccc2)c1. The van der Waals surface area contributed by atoms with Crippen molar-refractivity contribution in [3.63, 3.8) is 0 Å². The van der Waals surface area contributed by atoms with E-state index < -0.39 is 6.04 Å². The topological polar surface area (TPSA) is 55.1 Å². The van der Waals surface area contributed by atoms with E-state index in [1.54, 1.807) is 0 Å². The second kappa shape index (κ2) is 5.67. The first kappa shape index (κ1) is 13.3. The Hall–Kier alpha value is -2.13. The lowest BCUT2D eigenvalue weighted by Gasteiger charge is -2.13. The highest BCUT2D eigenvalue weighted by Crippen LogP contribution is 2.16. The second-order valence-corrected chi connectivity index (χ2v) is 4.75. The fourth-order valence-electron chi connectivity index (χ4n) is 2.08. The third-order valence-corrected chi connectivity index (χ3v) is 2.93. The molecule has 2 rings (SSSR count). The van der Waals surface area contributed by atoms with E-state index >= 15 is 0 Å². The van der Waals surface area contributed by atoms with Gasteiger partial charge in [0.2, 0.25) is 5.91 Å². The molecule has 19 heavy (non-hydrogen) atoms. The van der Waals surface area contributed by atoms with E-state index in [1.165, 1.54) is 0 Å². The van der Waals surface area contributed by atoms with Gasteiger partial charge in [0.1, 0.15) is 6.04 Å². The Morgan fingerprint density at radius 1 is 1.05 bits per heavy atom. The fraction of sp³-hybridized carbons (Fsp3) is 0.188. The van der Waals surface area contributed by atoms with Crippen LogP contribution in [-0.2, 0) is 4.79 Å². The van der Waals surface area contributed by atoms with Gasteiger partial charge in [-0.1, -0.05) is 36.4 Å². The molecule has 1 amide bonds. The summed E-state index contributed by atoms with van der Waals surface area (Å²) in [5.41, 5.74) is 9.77. The molecule has 0 aromatic heterocycles. The lowest BCUT2D eigenvalue weighted by molar-refractivity contribution is -0.117. The minimum absolute atomic E-state index is 0.198. The minimum Gasteiger partial charge on any atom is -0.324 e. The van der Waals surface area contributed by atoms with Crippen molar-refractivity contribution in [2.24, 2.45) is 5.73 Å². The van der Waals surface area contributed by atoms with Crippen LogP contribution in [0, 0.1) is 13.8 Å². The Morgan fingerprint density at radius 3 is 2.21 bits per heavy atom. The van der Waals surface area contributed by atoms with Gasteiger partial charge in [-0.2, -0.15) is 0 Å². The standard InChI is InChI=1S/C16H18N2O/c1-11-8-12(2)10-14(9-11)18-16(19)15(17)13-6-4-3-5-7-13/h3-10,15H,17H2,1-2H3,(H,18,19)/t15-/m0/s1. The van der Waals surface area contributed by atoms with E-state index in [-0.39, 0.29) is 5.91 Å². The molecule has 0 spiro atoms. The number of rotatable bonds is 3. The van der Waals surface area contributed by atoms with Crippen LogP contribution in [0.1, 0.15) is 22.7 Å². The van der Waals surface area contributed by atoms with Crippen molar-refractivity contribution in [3.05, 3.63) is 65.2 Å². The van der Waals surface area contributed by atoms with Crippen LogP contribution in [0.25, 0.3) is 0 Å². The molecule has 2 aromatic rings. The van der Waals surface area contributed by atoms with Crippen LogP contribution < -0.4 is 11.1 Å². The van der Waals surface area contributed by atoms with Crippen LogP contribution >= 0.6 is 0 Å². The molecular formula is C16H18N2O. The Kier molecular flexibility index (Phi) is 3.97. The van der Waals surface area contributed by atoms with Crippen LogP contribution in [0.5, 0.6) is 0 Å². The fourth-order valence-corrected chi connectivity index (χ4v) is 2.08. The number of nitrogens with two attached hydrogens (primary N) is 1. The second-order valence-electron chi connectivity index (χ2n) is 4.75. The zero-order chi connectivity index (χ0) is 13.8. The molecule has 0 heterocycles. The number of anilines is 1. The summed E-state index contributed by atoms with van der Waals surface area (Å²) in [5, 5.41) is 2.86. The monoisotopic (exact) mass is 254 g/mol. The van der Waals surface area contributed by atoms with Gasteiger partial charge in [-0.15, -0.1) is 0 Å². The molecule has 3 N–H and O–H groups in total. The molecule has 3 heteroatoms. The number of hydrogen-bond donors (Lipinski definition) is 2. The van der Waals surface area contributed by atoms with Crippen molar-refractivity contribution in [2.75, 3.05) is 5.32 Å². The van der Waals surface area contributed by atoms with Crippen LogP contribution in [0.2, 0.25) is 0 Å². The number of hydrogen-bond acceptors (Lipinski definition) is 2. The Morgan fingerprint density at radius 2 is 1.63 bits per heavy atom. The van der Waals surface area contributed by atoms with Crippen LogP contribution in [-0.4, -0.2) is 5.91 Å². The summed E-state index contributed by atoms with van der Waals surface area (Å²) in [6.45, 7) is 4.00. The first-order valence-corrected chi connectivity index (χ1v) is 6.26. The van der Waals surface area contributed by atoms with Crippen molar-refractivity contribution in [1.82, 2.24) is 0 Å². The highest BCUT2D eigenvalue weighted by molar-refractivity contribution is 5.95. The molecule has 0 fully saturated rings. The first-order chi connectivity index (χ1) is 9.06. The number of amides is 1. The number of carbonyl (C=O) groups excluding carboxylic acids is 1. The van der Waals surface area contributed by atoms with E-state index in [4.69, 9.17) is 5.73 Å². The van der Waals surface area contributed by atoms with Gasteiger partial charge in [0.05, 0.1) is 0 Å². The summed E-state index contributed by atoms with van der Waals surface area (Å²) >= 11 is 0. The van der Waals surface area contributed by atoms with Gasteiger partial charge in [-0.25, -0.2) is 0 Å². The summed E-state index contributed by atoms with van der Waals surface area (Å²) < 4.78 is 0. The molecule has 1 atom stereocenters. The molecule has 0 aliphatic rings. The highest BCUT2D eigenvalue weighted by atomic mass is 16.2. The van der Waals surface area contributed by atoms with E-state index in [1.807, 2.05) is 56.3 Å². The normalized spacial score (nSPS) is 11.9. The summed E-state index contributed by atoms with van der Waals surface area (Å²) in [5.74, 6) is -0.198. The van der Waals surface area contributed by atoms with Crippen LogP contribution in [0.15, 0.2) is 48.5 Å². The predicted octanol–water partition coefficient (Wildman–Crippen LogP) is 2.94. The summed E-state index contributed by atoms with van der Waals surface area (Å²) in [7, 11) is 0. The first-order valence-electron chi connectivity index (χ1n) is 6.26. The van der Waals surface area contributed by atoms with Crippen molar-refractivity contribution in [1.29, 1.82) is 0 Å². The Labute approximate surface area is 113 Å². The van der Waals surface area contributed by atoms with Gasteiger partial charge >= 0.3 is 0 Å². The number of carbonyl (C=O) groups is 1. The molecule has 98 valence electrons. The molecule has 0 saturated carbocycles. The molecule has 0 saturated heterocycles. The Bertz CT molecular complexity index is 558. The van der Waals surface area contributed by atoms with Crippen LogP contribution in [0.3, 0.4) is 0 Å². The summed E-state index contributed by atoms with van der Waals surface area (Å²) in [6.07, 6.45) is 0. The van der Waals surface area contributed by atoms with Crippen molar-refractivity contribution < 1.29 is 4.79 Å². The third kappa shape index (κ3) is 3.42. The van der Waals surface area contributed by atoms with Crippen molar-refractivity contribution in [3.8, 4) is 0 Å². The van der Waals surface area contributed by atoms with Gasteiger partial charge in [-0.3, -0.25) is 4.79 Å². The van der Waals surface area contributed by atoms with Gasteiger partial charge in [-0.05, 0) is 42.7 Å². The maximum absolute atomic E-state index is 12.1. The van der Waals surface area contributed by atoms with E-state index in [9.17, 15) is 4.79 Å². The van der Waals surface area contributed by atoms with Gasteiger partial charge in [0, 0.05) is 5.69 Å². The number of nitrogens with one attached hydrogen (secondary N) is 1. The molecule has 2 aromatic carbocycles. The summed E-state index contributed by atoms with van der Waals surface area (Å²) in [6, 6.07) is 14.6. The van der Waals surface area contributed by atoms with Crippen LogP contribution in [0.4, 0.5) is 5.69 Å². The number of benzene rings is 2. The average molecular weight is 254 g/mol. The van der Waals surface area contributed by atoms with Crippen molar-refractivity contribution in [2.45, 2.75) is 19.9 Å². The predicted molar refractivity (Wildman–Crippen MR) is 77.9 cm³/mol. The lowest BCUT2D eigenvalue weighted by Crippen LogP contribution is -2.27. The minimum atomic E-state index is -0.651. The summed E-state index contributed by atoms with van der Waals surface area (Å²) in [4.78, 5) is 12.1. The molecule has 3 nitrogen and oxygen atoms in total. The molecule has 0 radical (unpaired) electrons. The number of aryl methyl sites for hydroxylation is 2. The largest absolute Gasteiger partial charge is 0.324 e. The zero-order valence-electron chi connectivity index (χ0n) is 11.2. The molecule has 0 aliphatic heterocycles. The van der Waals surface area contributed by atoms with Crippen molar-refractivity contribution >= 4 is 11.6 Å². The quantitative estimate of drug-likeness (QED) is 0.884. The smallest absolute Gasteiger partial charge is 0.245 e. The van der Waals surface area contributed by atoms with E-state index in [0.29, 0.717) is 0 Å². The van der Waals surface area contributed by atoms with Gasteiger partial charge in [0.15, 0.2) is 0 Å². The average Bonchev–Trinajstić information content (AvgIpc) is 2.37. The molecule has 0 aliphatic carbocycles. The van der Waals surface area contributed by atoms with Gasteiger partial charge in [0.25, 0.3) is 0 Å². The maximum atomic E-state index is 12.1. The Balaban J connectivity index is 2.13.